The van der Waals surface area contributed by atoms with E-state index in [0.717, 1.165) is 30.8 Å². The van der Waals surface area contributed by atoms with Crippen LogP contribution in [0.4, 0.5) is 0 Å². The number of hydrogen-bond acceptors (Lipinski definition) is 3. The molecule has 17 heavy (non-hydrogen) atoms. The summed E-state index contributed by atoms with van der Waals surface area (Å²) in [6.07, 6.45) is 1.43. The molecule has 1 amide bonds. The van der Waals surface area contributed by atoms with Crippen LogP contribution in [0.5, 0.6) is 5.75 Å². The Morgan fingerprint density at radius 1 is 1.59 bits per heavy atom. The van der Waals surface area contributed by atoms with E-state index >= 15 is 0 Å². The lowest BCUT2D eigenvalue weighted by Crippen LogP contribution is -2.37. The molecule has 2 N–H and O–H groups in total. The van der Waals surface area contributed by atoms with E-state index in [4.69, 9.17) is 4.74 Å². The molecule has 1 aliphatic heterocycles. The Hall–Kier alpha value is -1.55. The number of methoxy groups -OCH3 is 1. The first kappa shape index (κ1) is 11.9. The quantitative estimate of drug-likeness (QED) is 0.807. The van der Waals surface area contributed by atoms with Gasteiger partial charge in [0.2, 0.25) is 5.91 Å². The van der Waals surface area contributed by atoms with Crippen molar-refractivity contribution < 1.29 is 9.53 Å². The summed E-state index contributed by atoms with van der Waals surface area (Å²) < 4.78 is 5.13. The number of rotatable bonds is 4. The van der Waals surface area contributed by atoms with E-state index in [9.17, 15) is 4.79 Å². The van der Waals surface area contributed by atoms with Gasteiger partial charge in [0.15, 0.2) is 0 Å². The number of nitrogens with one attached hydrogen (secondary N) is 2. The standard InChI is InChI=1S/C13H18N2O2/c1-17-12-4-2-3-10(7-12)8-13(16)15-11-5-6-14-9-11/h2-4,7,11,14H,5-6,8-9H2,1H3,(H,15,16)/t11-/m0/s1. The number of amides is 1. The Balaban J connectivity index is 1.88. The predicted molar refractivity (Wildman–Crippen MR) is 66.1 cm³/mol. The third kappa shape index (κ3) is 3.46. The zero-order valence-corrected chi connectivity index (χ0v) is 10.0. The molecule has 1 heterocycles. The Morgan fingerprint density at radius 2 is 2.47 bits per heavy atom. The van der Waals surface area contributed by atoms with Gasteiger partial charge in [-0.05, 0) is 30.7 Å². The van der Waals surface area contributed by atoms with Gasteiger partial charge in [-0.3, -0.25) is 4.79 Å². The van der Waals surface area contributed by atoms with Gasteiger partial charge in [-0.25, -0.2) is 0 Å². The molecule has 0 aromatic heterocycles. The van der Waals surface area contributed by atoms with Crippen LogP contribution in [0.2, 0.25) is 0 Å². The Labute approximate surface area is 101 Å². The lowest BCUT2D eigenvalue weighted by Gasteiger charge is -2.11. The molecule has 1 aromatic carbocycles. The van der Waals surface area contributed by atoms with Crippen LogP contribution in [-0.4, -0.2) is 32.1 Å². The van der Waals surface area contributed by atoms with Crippen LogP contribution in [0.3, 0.4) is 0 Å². The summed E-state index contributed by atoms with van der Waals surface area (Å²) in [5, 5.41) is 6.25. The summed E-state index contributed by atoms with van der Waals surface area (Å²) in [6.45, 7) is 1.87. The molecular formula is C13H18N2O2. The highest BCUT2D eigenvalue weighted by Crippen LogP contribution is 2.13. The summed E-state index contributed by atoms with van der Waals surface area (Å²) in [5.74, 6) is 0.866. The Kier molecular flexibility index (Phi) is 3.98. The largest absolute Gasteiger partial charge is 0.497 e. The molecule has 1 aliphatic rings. The summed E-state index contributed by atoms with van der Waals surface area (Å²) >= 11 is 0. The second kappa shape index (κ2) is 5.68. The zero-order chi connectivity index (χ0) is 12.1. The SMILES string of the molecule is COc1cccc(CC(=O)N[C@H]2CCNC2)c1. The zero-order valence-electron chi connectivity index (χ0n) is 10.0. The van der Waals surface area contributed by atoms with Crippen LogP contribution in [0, 0.1) is 0 Å². The summed E-state index contributed by atoms with van der Waals surface area (Å²) in [6, 6.07) is 7.90. The van der Waals surface area contributed by atoms with E-state index in [-0.39, 0.29) is 11.9 Å². The molecule has 1 aromatic rings. The number of ether oxygens (including phenoxy) is 1. The van der Waals surface area contributed by atoms with E-state index in [1.807, 2.05) is 24.3 Å². The van der Waals surface area contributed by atoms with E-state index in [1.54, 1.807) is 7.11 Å². The van der Waals surface area contributed by atoms with Crippen molar-refractivity contribution in [1.82, 2.24) is 10.6 Å². The van der Waals surface area contributed by atoms with Gasteiger partial charge in [-0.1, -0.05) is 12.1 Å². The van der Waals surface area contributed by atoms with Gasteiger partial charge in [0.05, 0.1) is 13.5 Å². The second-order valence-electron chi connectivity index (χ2n) is 4.29. The van der Waals surface area contributed by atoms with Crippen molar-refractivity contribution in [3.05, 3.63) is 29.8 Å². The maximum atomic E-state index is 11.8. The third-order valence-electron chi connectivity index (χ3n) is 2.92. The molecule has 0 radical (unpaired) electrons. The molecule has 92 valence electrons. The fourth-order valence-corrected chi connectivity index (χ4v) is 2.02. The van der Waals surface area contributed by atoms with Gasteiger partial charge in [-0.15, -0.1) is 0 Å². The minimum absolute atomic E-state index is 0.0759. The van der Waals surface area contributed by atoms with Crippen molar-refractivity contribution in [2.24, 2.45) is 0 Å². The lowest BCUT2D eigenvalue weighted by molar-refractivity contribution is -0.121. The van der Waals surface area contributed by atoms with Crippen LogP contribution in [0.1, 0.15) is 12.0 Å². The highest BCUT2D eigenvalue weighted by atomic mass is 16.5. The molecule has 0 saturated carbocycles. The molecule has 1 fully saturated rings. The number of carbonyl (C=O) groups is 1. The van der Waals surface area contributed by atoms with Crippen LogP contribution < -0.4 is 15.4 Å². The maximum absolute atomic E-state index is 11.8. The van der Waals surface area contributed by atoms with Crippen LogP contribution in [0.15, 0.2) is 24.3 Å². The van der Waals surface area contributed by atoms with E-state index in [2.05, 4.69) is 10.6 Å². The highest BCUT2D eigenvalue weighted by Gasteiger charge is 2.16. The summed E-state index contributed by atoms with van der Waals surface area (Å²) in [7, 11) is 1.63. The monoisotopic (exact) mass is 234 g/mol. The highest BCUT2D eigenvalue weighted by molar-refractivity contribution is 5.79. The molecule has 4 heteroatoms. The molecule has 0 unspecified atom stereocenters. The first-order chi connectivity index (χ1) is 8.28. The molecule has 4 nitrogen and oxygen atoms in total. The smallest absolute Gasteiger partial charge is 0.224 e. The van der Waals surface area contributed by atoms with Crippen molar-refractivity contribution in [3.8, 4) is 5.75 Å². The molecular weight excluding hydrogens is 216 g/mol. The van der Waals surface area contributed by atoms with Gasteiger partial charge in [0.1, 0.15) is 5.75 Å². The van der Waals surface area contributed by atoms with Gasteiger partial charge < -0.3 is 15.4 Å². The number of hydrogen-bond donors (Lipinski definition) is 2. The second-order valence-corrected chi connectivity index (χ2v) is 4.29. The lowest BCUT2D eigenvalue weighted by atomic mass is 10.1. The Bertz CT molecular complexity index is 387. The first-order valence-corrected chi connectivity index (χ1v) is 5.91. The van der Waals surface area contributed by atoms with Crippen LogP contribution in [0.25, 0.3) is 0 Å². The van der Waals surface area contributed by atoms with Crippen molar-refractivity contribution in [1.29, 1.82) is 0 Å². The van der Waals surface area contributed by atoms with Crippen LogP contribution >= 0.6 is 0 Å². The minimum Gasteiger partial charge on any atom is -0.497 e. The topological polar surface area (TPSA) is 50.4 Å². The van der Waals surface area contributed by atoms with Crippen molar-refractivity contribution in [3.63, 3.8) is 0 Å². The van der Waals surface area contributed by atoms with Crippen LogP contribution in [-0.2, 0) is 11.2 Å². The molecule has 1 atom stereocenters. The first-order valence-electron chi connectivity index (χ1n) is 5.91. The molecule has 0 bridgehead atoms. The Morgan fingerprint density at radius 3 is 3.18 bits per heavy atom. The normalized spacial score (nSPS) is 19.0. The third-order valence-corrected chi connectivity index (χ3v) is 2.92. The average Bonchev–Trinajstić information content (AvgIpc) is 2.82. The molecule has 1 saturated heterocycles. The minimum atomic E-state index is 0.0759. The van der Waals surface area contributed by atoms with E-state index in [0.29, 0.717) is 6.42 Å². The maximum Gasteiger partial charge on any atom is 0.224 e. The summed E-state index contributed by atoms with van der Waals surface area (Å²) in [5.41, 5.74) is 0.979. The van der Waals surface area contributed by atoms with E-state index in [1.165, 1.54) is 0 Å². The number of benzene rings is 1. The molecule has 0 spiro atoms. The van der Waals surface area contributed by atoms with Crippen molar-refractivity contribution in [2.45, 2.75) is 18.9 Å². The molecule has 0 aliphatic carbocycles. The van der Waals surface area contributed by atoms with Crippen molar-refractivity contribution in [2.75, 3.05) is 20.2 Å². The van der Waals surface area contributed by atoms with Gasteiger partial charge >= 0.3 is 0 Å². The molecule has 2 rings (SSSR count). The average molecular weight is 234 g/mol. The summed E-state index contributed by atoms with van der Waals surface area (Å²) in [4.78, 5) is 11.8. The van der Waals surface area contributed by atoms with Gasteiger partial charge in [0, 0.05) is 12.6 Å². The fraction of sp³-hybridized carbons (Fsp3) is 0.462. The number of carbonyl (C=O) groups excluding carboxylic acids is 1. The van der Waals surface area contributed by atoms with Gasteiger partial charge in [0.25, 0.3) is 0 Å². The fourth-order valence-electron chi connectivity index (χ4n) is 2.02. The van der Waals surface area contributed by atoms with Gasteiger partial charge in [-0.2, -0.15) is 0 Å². The van der Waals surface area contributed by atoms with Crippen molar-refractivity contribution >= 4 is 5.91 Å². The van der Waals surface area contributed by atoms with E-state index < -0.39 is 0 Å². The predicted octanol–water partition coefficient (Wildman–Crippen LogP) is 0.716.